The van der Waals surface area contributed by atoms with E-state index in [4.69, 9.17) is 20.6 Å². The summed E-state index contributed by atoms with van der Waals surface area (Å²) in [5, 5.41) is 7.62. The fourth-order valence-corrected chi connectivity index (χ4v) is 1.98. The molecule has 0 spiro atoms. The monoisotopic (exact) mass is 284 g/mol. The first-order valence-corrected chi connectivity index (χ1v) is 6.81. The van der Waals surface area contributed by atoms with Crippen LogP contribution in [0.5, 0.6) is 17.2 Å². The van der Waals surface area contributed by atoms with Gasteiger partial charge in [-0.05, 0) is 35.7 Å². The SMILES string of the molecule is COc1ccc(C(=N)N)c(Oc2ccc(C(C)C)cc2)c1. The minimum Gasteiger partial charge on any atom is -0.497 e. The minimum absolute atomic E-state index is 0.0357. The highest BCUT2D eigenvalue weighted by Crippen LogP contribution is 2.30. The zero-order valence-corrected chi connectivity index (χ0v) is 12.5. The Morgan fingerprint density at radius 2 is 1.67 bits per heavy atom. The summed E-state index contributed by atoms with van der Waals surface area (Å²) in [5.41, 5.74) is 7.38. The molecule has 0 bridgehead atoms. The fourth-order valence-electron chi connectivity index (χ4n) is 1.98. The van der Waals surface area contributed by atoms with Gasteiger partial charge in [0.25, 0.3) is 0 Å². The second-order valence-electron chi connectivity index (χ2n) is 5.10. The number of rotatable bonds is 5. The third kappa shape index (κ3) is 3.54. The number of nitrogens with two attached hydrogens (primary N) is 1. The van der Waals surface area contributed by atoms with E-state index in [-0.39, 0.29) is 5.84 Å². The molecule has 0 fully saturated rings. The van der Waals surface area contributed by atoms with Crippen molar-refractivity contribution in [3.63, 3.8) is 0 Å². The minimum atomic E-state index is -0.0357. The molecule has 0 aliphatic carbocycles. The van der Waals surface area contributed by atoms with E-state index in [1.165, 1.54) is 5.56 Å². The Balaban J connectivity index is 2.31. The van der Waals surface area contributed by atoms with Crippen molar-refractivity contribution in [3.05, 3.63) is 53.6 Å². The van der Waals surface area contributed by atoms with E-state index < -0.39 is 0 Å². The zero-order valence-electron chi connectivity index (χ0n) is 12.5. The number of hydrogen-bond acceptors (Lipinski definition) is 3. The standard InChI is InChI=1S/C17H20N2O2/c1-11(2)12-4-6-13(7-5-12)21-16-10-14(20-3)8-9-15(16)17(18)19/h4-11H,1-3H3,(H3,18,19). The molecule has 0 amide bonds. The van der Waals surface area contributed by atoms with Crippen LogP contribution >= 0.6 is 0 Å². The topological polar surface area (TPSA) is 68.3 Å². The van der Waals surface area contributed by atoms with Crippen molar-refractivity contribution in [2.45, 2.75) is 19.8 Å². The highest BCUT2D eigenvalue weighted by Gasteiger charge is 2.10. The number of ether oxygens (including phenoxy) is 2. The summed E-state index contributed by atoms with van der Waals surface area (Å²) in [4.78, 5) is 0. The third-order valence-electron chi connectivity index (χ3n) is 3.25. The number of methoxy groups -OCH3 is 1. The summed E-state index contributed by atoms with van der Waals surface area (Å²) < 4.78 is 11.0. The Kier molecular flexibility index (Phi) is 4.48. The first-order chi connectivity index (χ1) is 10.0. The number of nitrogen functional groups attached to an aromatic ring is 1. The van der Waals surface area contributed by atoms with Crippen LogP contribution in [0, 0.1) is 5.41 Å². The lowest BCUT2D eigenvalue weighted by Gasteiger charge is -2.13. The predicted molar refractivity (Wildman–Crippen MR) is 84.6 cm³/mol. The molecule has 3 N–H and O–H groups in total. The molecular weight excluding hydrogens is 264 g/mol. The molecule has 0 radical (unpaired) electrons. The van der Waals surface area contributed by atoms with Gasteiger partial charge in [-0.15, -0.1) is 0 Å². The molecule has 0 saturated carbocycles. The van der Waals surface area contributed by atoms with Gasteiger partial charge in [-0.2, -0.15) is 0 Å². The quantitative estimate of drug-likeness (QED) is 0.646. The van der Waals surface area contributed by atoms with Crippen molar-refractivity contribution < 1.29 is 9.47 Å². The van der Waals surface area contributed by atoms with Crippen LogP contribution in [-0.4, -0.2) is 12.9 Å². The maximum Gasteiger partial charge on any atom is 0.142 e. The van der Waals surface area contributed by atoms with Crippen molar-refractivity contribution in [2.24, 2.45) is 5.73 Å². The molecule has 21 heavy (non-hydrogen) atoms. The predicted octanol–water partition coefficient (Wildman–Crippen LogP) is 3.89. The fraction of sp³-hybridized carbons (Fsp3) is 0.235. The maximum absolute atomic E-state index is 7.62. The molecule has 4 heteroatoms. The summed E-state index contributed by atoms with van der Waals surface area (Å²) in [6, 6.07) is 13.1. The number of nitrogens with one attached hydrogen (secondary N) is 1. The highest BCUT2D eigenvalue weighted by atomic mass is 16.5. The van der Waals surface area contributed by atoms with Gasteiger partial charge in [-0.1, -0.05) is 26.0 Å². The van der Waals surface area contributed by atoms with Crippen LogP contribution in [0.25, 0.3) is 0 Å². The van der Waals surface area contributed by atoms with E-state index in [1.54, 1.807) is 25.3 Å². The Morgan fingerprint density at radius 1 is 1.05 bits per heavy atom. The second kappa shape index (κ2) is 6.31. The van der Waals surface area contributed by atoms with E-state index in [1.807, 2.05) is 24.3 Å². The molecule has 2 aromatic rings. The molecule has 0 saturated heterocycles. The van der Waals surface area contributed by atoms with Crippen LogP contribution in [0.4, 0.5) is 0 Å². The van der Waals surface area contributed by atoms with E-state index in [2.05, 4.69) is 13.8 Å². The molecule has 0 unspecified atom stereocenters. The van der Waals surface area contributed by atoms with Gasteiger partial charge in [-0.25, -0.2) is 0 Å². The Labute approximate surface area is 125 Å². The van der Waals surface area contributed by atoms with E-state index in [0.29, 0.717) is 28.7 Å². The lowest BCUT2D eigenvalue weighted by Crippen LogP contribution is -2.12. The molecule has 2 rings (SSSR count). The lowest BCUT2D eigenvalue weighted by molar-refractivity contribution is 0.409. The van der Waals surface area contributed by atoms with Crippen LogP contribution in [0.1, 0.15) is 30.9 Å². The summed E-state index contributed by atoms with van der Waals surface area (Å²) >= 11 is 0. The van der Waals surface area contributed by atoms with Crippen molar-refractivity contribution in [3.8, 4) is 17.2 Å². The van der Waals surface area contributed by atoms with E-state index in [0.717, 1.165) is 0 Å². The van der Waals surface area contributed by atoms with E-state index >= 15 is 0 Å². The van der Waals surface area contributed by atoms with Crippen LogP contribution in [0.3, 0.4) is 0 Å². The number of amidine groups is 1. The summed E-state index contributed by atoms with van der Waals surface area (Å²) in [5.74, 6) is 2.32. The average molecular weight is 284 g/mol. The molecular formula is C17H20N2O2. The van der Waals surface area contributed by atoms with Gasteiger partial charge >= 0.3 is 0 Å². The molecule has 2 aromatic carbocycles. The third-order valence-corrected chi connectivity index (χ3v) is 3.25. The van der Waals surface area contributed by atoms with E-state index in [9.17, 15) is 0 Å². The Bertz CT molecular complexity index is 634. The Morgan fingerprint density at radius 3 is 2.19 bits per heavy atom. The molecule has 110 valence electrons. The highest BCUT2D eigenvalue weighted by molar-refractivity contribution is 5.97. The van der Waals surface area contributed by atoms with Gasteiger partial charge in [-0.3, -0.25) is 5.41 Å². The van der Waals surface area contributed by atoms with Crippen molar-refractivity contribution in [2.75, 3.05) is 7.11 Å². The molecule has 0 atom stereocenters. The van der Waals surface area contributed by atoms with Gasteiger partial charge in [0.1, 0.15) is 23.1 Å². The normalized spacial score (nSPS) is 10.5. The summed E-state index contributed by atoms with van der Waals surface area (Å²) in [6.45, 7) is 4.29. The summed E-state index contributed by atoms with van der Waals surface area (Å²) in [7, 11) is 1.59. The zero-order chi connectivity index (χ0) is 15.4. The van der Waals surface area contributed by atoms with Crippen molar-refractivity contribution >= 4 is 5.84 Å². The number of benzene rings is 2. The van der Waals surface area contributed by atoms with Gasteiger partial charge in [0.2, 0.25) is 0 Å². The molecule has 0 heterocycles. The van der Waals surface area contributed by atoms with Crippen molar-refractivity contribution in [1.82, 2.24) is 0 Å². The smallest absolute Gasteiger partial charge is 0.142 e. The second-order valence-corrected chi connectivity index (χ2v) is 5.10. The van der Waals surface area contributed by atoms with Crippen LogP contribution in [-0.2, 0) is 0 Å². The van der Waals surface area contributed by atoms with Crippen LogP contribution in [0.2, 0.25) is 0 Å². The van der Waals surface area contributed by atoms with Gasteiger partial charge < -0.3 is 15.2 Å². The molecule has 0 aromatic heterocycles. The molecule has 0 aliphatic heterocycles. The maximum atomic E-state index is 7.62. The van der Waals surface area contributed by atoms with Gasteiger partial charge in [0.05, 0.1) is 12.7 Å². The summed E-state index contributed by atoms with van der Waals surface area (Å²) in [6.07, 6.45) is 0. The van der Waals surface area contributed by atoms with Gasteiger partial charge in [0.15, 0.2) is 0 Å². The van der Waals surface area contributed by atoms with Crippen LogP contribution < -0.4 is 15.2 Å². The number of hydrogen-bond donors (Lipinski definition) is 2. The lowest BCUT2D eigenvalue weighted by atomic mass is 10.0. The Hall–Kier alpha value is -2.49. The molecule has 0 aliphatic rings. The first-order valence-electron chi connectivity index (χ1n) is 6.81. The molecule has 4 nitrogen and oxygen atoms in total. The average Bonchev–Trinajstić information content (AvgIpc) is 2.47. The van der Waals surface area contributed by atoms with Crippen molar-refractivity contribution in [1.29, 1.82) is 5.41 Å². The first kappa shape index (κ1) is 14.9. The largest absolute Gasteiger partial charge is 0.497 e. The van der Waals surface area contributed by atoms with Gasteiger partial charge in [0, 0.05) is 6.07 Å². The van der Waals surface area contributed by atoms with Crippen LogP contribution in [0.15, 0.2) is 42.5 Å².